The molecule has 5 heteroatoms. The summed E-state index contributed by atoms with van der Waals surface area (Å²) in [5, 5.41) is 0. The lowest BCUT2D eigenvalue weighted by atomic mass is 9.89. The second-order valence-corrected chi connectivity index (χ2v) is 4.63. The Kier molecular flexibility index (Phi) is 4.29. The summed E-state index contributed by atoms with van der Waals surface area (Å²) >= 11 is 0. The third-order valence-corrected chi connectivity index (χ3v) is 3.23. The molecule has 1 aliphatic rings. The molecule has 1 rings (SSSR count). The molecule has 0 saturated carbocycles. The van der Waals surface area contributed by atoms with Gasteiger partial charge >= 0.3 is 5.97 Å². The number of amides is 1. The summed E-state index contributed by atoms with van der Waals surface area (Å²) < 4.78 is 4.56. The molecule has 1 unspecified atom stereocenters. The van der Waals surface area contributed by atoms with E-state index in [1.165, 1.54) is 7.11 Å². The summed E-state index contributed by atoms with van der Waals surface area (Å²) in [6, 6.07) is 0. The first-order chi connectivity index (χ1) is 7.48. The molecule has 92 valence electrons. The van der Waals surface area contributed by atoms with E-state index in [1.807, 2.05) is 6.92 Å². The number of rotatable bonds is 5. The van der Waals surface area contributed by atoms with E-state index in [0.29, 0.717) is 13.0 Å². The van der Waals surface area contributed by atoms with Crippen LogP contribution in [0.15, 0.2) is 0 Å². The van der Waals surface area contributed by atoms with Crippen molar-refractivity contribution < 1.29 is 14.3 Å². The number of ether oxygens (including phenoxy) is 1. The zero-order valence-corrected chi connectivity index (χ0v) is 9.99. The Morgan fingerprint density at radius 1 is 1.50 bits per heavy atom. The normalized spacial score (nSPS) is 25.6. The maximum atomic E-state index is 11.2. The summed E-state index contributed by atoms with van der Waals surface area (Å²) in [5.41, 5.74) is 4.96. The highest BCUT2D eigenvalue weighted by atomic mass is 16.5. The Hall–Kier alpha value is -1.10. The maximum Gasteiger partial charge on any atom is 0.305 e. The van der Waals surface area contributed by atoms with Crippen LogP contribution in [-0.4, -0.2) is 43.5 Å². The number of likely N-dealkylation sites (tertiary alicyclic amines) is 1. The van der Waals surface area contributed by atoms with Crippen LogP contribution in [0.5, 0.6) is 0 Å². The molecule has 0 spiro atoms. The van der Waals surface area contributed by atoms with Gasteiger partial charge in [0, 0.05) is 13.0 Å². The van der Waals surface area contributed by atoms with Gasteiger partial charge in [0.05, 0.1) is 12.5 Å². The van der Waals surface area contributed by atoms with Gasteiger partial charge in [0.1, 0.15) is 0 Å². The first kappa shape index (κ1) is 13.0. The van der Waals surface area contributed by atoms with Gasteiger partial charge in [-0.3, -0.25) is 9.59 Å². The Morgan fingerprint density at radius 2 is 2.19 bits per heavy atom. The van der Waals surface area contributed by atoms with E-state index in [-0.39, 0.29) is 11.9 Å². The molecule has 0 aromatic heterocycles. The molecule has 0 bridgehead atoms. The molecule has 1 saturated heterocycles. The SMILES string of the molecule is COC(=O)CCCN1CCC(C)(C(N)=O)C1. The first-order valence-corrected chi connectivity index (χ1v) is 5.57. The number of hydrogen-bond acceptors (Lipinski definition) is 4. The molecule has 0 aromatic carbocycles. The lowest BCUT2D eigenvalue weighted by Crippen LogP contribution is -2.37. The highest BCUT2D eigenvalue weighted by molar-refractivity contribution is 5.81. The van der Waals surface area contributed by atoms with Crippen molar-refractivity contribution in [2.75, 3.05) is 26.7 Å². The standard InChI is InChI=1S/C11H20N2O3/c1-11(10(12)15)5-7-13(8-11)6-3-4-9(14)16-2/h3-8H2,1-2H3,(H2,12,15). The van der Waals surface area contributed by atoms with Crippen molar-refractivity contribution in [2.45, 2.75) is 26.2 Å². The number of primary amides is 1. The molecular weight excluding hydrogens is 208 g/mol. The van der Waals surface area contributed by atoms with Gasteiger partial charge in [-0.05, 0) is 32.9 Å². The topological polar surface area (TPSA) is 72.6 Å². The Labute approximate surface area is 95.9 Å². The van der Waals surface area contributed by atoms with Gasteiger partial charge < -0.3 is 15.4 Å². The quantitative estimate of drug-likeness (QED) is 0.679. The minimum absolute atomic E-state index is 0.183. The average Bonchev–Trinajstić information content (AvgIpc) is 2.61. The van der Waals surface area contributed by atoms with Crippen LogP contribution in [-0.2, 0) is 14.3 Å². The number of hydrogen-bond donors (Lipinski definition) is 1. The molecule has 0 aliphatic carbocycles. The number of esters is 1. The number of carbonyl (C=O) groups excluding carboxylic acids is 2. The first-order valence-electron chi connectivity index (χ1n) is 5.57. The summed E-state index contributed by atoms with van der Waals surface area (Å²) in [6.07, 6.45) is 2.00. The molecule has 1 atom stereocenters. The van der Waals surface area contributed by atoms with E-state index in [9.17, 15) is 9.59 Å². The van der Waals surface area contributed by atoms with Crippen molar-refractivity contribution in [1.82, 2.24) is 4.90 Å². The van der Waals surface area contributed by atoms with Crippen LogP contribution in [0.2, 0.25) is 0 Å². The zero-order chi connectivity index (χ0) is 12.2. The largest absolute Gasteiger partial charge is 0.469 e. The van der Waals surface area contributed by atoms with Crippen molar-refractivity contribution in [3.8, 4) is 0 Å². The van der Waals surface area contributed by atoms with E-state index < -0.39 is 5.41 Å². The summed E-state index contributed by atoms with van der Waals surface area (Å²) in [5.74, 6) is -0.417. The Balaban J connectivity index is 2.27. The van der Waals surface area contributed by atoms with Crippen LogP contribution in [0.1, 0.15) is 26.2 Å². The molecule has 1 heterocycles. The molecule has 5 nitrogen and oxygen atoms in total. The van der Waals surface area contributed by atoms with E-state index in [1.54, 1.807) is 0 Å². The predicted molar refractivity (Wildman–Crippen MR) is 59.6 cm³/mol. The van der Waals surface area contributed by atoms with E-state index in [0.717, 1.165) is 25.9 Å². The predicted octanol–water partition coefficient (Wildman–Crippen LogP) is 0.137. The molecule has 1 aliphatic heterocycles. The van der Waals surface area contributed by atoms with Gasteiger partial charge in [-0.25, -0.2) is 0 Å². The molecular formula is C11H20N2O3. The highest BCUT2D eigenvalue weighted by Crippen LogP contribution is 2.29. The molecule has 2 N–H and O–H groups in total. The monoisotopic (exact) mass is 228 g/mol. The minimum Gasteiger partial charge on any atom is -0.469 e. The summed E-state index contributed by atoms with van der Waals surface area (Å²) in [7, 11) is 1.39. The second kappa shape index (κ2) is 5.30. The third kappa shape index (κ3) is 3.20. The van der Waals surface area contributed by atoms with Crippen LogP contribution in [0.4, 0.5) is 0 Å². The van der Waals surface area contributed by atoms with Gasteiger partial charge in [0.25, 0.3) is 0 Å². The molecule has 16 heavy (non-hydrogen) atoms. The van der Waals surface area contributed by atoms with E-state index in [2.05, 4.69) is 9.64 Å². The summed E-state index contributed by atoms with van der Waals surface area (Å²) in [4.78, 5) is 24.3. The van der Waals surface area contributed by atoms with Crippen LogP contribution >= 0.6 is 0 Å². The number of methoxy groups -OCH3 is 1. The molecule has 1 amide bonds. The Bertz CT molecular complexity index is 280. The van der Waals surface area contributed by atoms with Crippen LogP contribution in [0, 0.1) is 5.41 Å². The van der Waals surface area contributed by atoms with Gasteiger partial charge in [0.2, 0.25) is 5.91 Å². The third-order valence-electron chi connectivity index (χ3n) is 3.23. The number of nitrogens with two attached hydrogens (primary N) is 1. The fraction of sp³-hybridized carbons (Fsp3) is 0.818. The van der Waals surface area contributed by atoms with E-state index in [4.69, 9.17) is 5.73 Å². The van der Waals surface area contributed by atoms with Crippen LogP contribution in [0.25, 0.3) is 0 Å². The Morgan fingerprint density at radius 3 is 2.69 bits per heavy atom. The van der Waals surface area contributed by atoms with Gasteiger partial charge in [-0.1, -0.05) is 0 Å². The fourth-order valence-electron chi connectivity index (χ4n) is 2.00. The van der Waals surface area contributed by atoms with Gasteiger partial charge in [0.15, 0.2) is 0 Å². The molecule has 0 radical (unpaired) electrons. The van der Waals surface area contributed by atoms with Gasteiger partial charge in [-0.2, -0.15) is 0 Å². The lowest BCUT2D eigenvalue weighted by Gasteiger charge is -2.20. The lowest BCUT2D eigenvalue weighted by molar-refractivity contribution is -0.140. The minimum atomic E-state index is -0.398. The van der Waals surface area contributed by atoms with Crippen LogP contribution in [0.3, 0.4) is 0 Å². The zero-order valence-electron chi connectivity index (χ0n) is 9.99. The maximum absolute atomic E-state index is 11.2. The number of nitrogens with zero attached hydrogens (tertiary/aromatic N) is 1. The van der Waals surface area contributed by atoms with Crippen molar-refractivity contribution in [3.63, 3.8) is 0 Å². The second-order valence-electron chi connectivity index (χ2n) is 4.63. The van der Waals surface area contributed by atoms with Crippen molar-refractivity contribution in [2.24, 2.45) is 11.1 Å². The van der Waals surface area contributed by atoms with Gasteiger partial charge in [-0.15, -0.1) is 0 Å². The smallest absolute Gasteiger partial charge is 0.305 e. The van der Waals surface area contributed by atoms with E-state index >= 15 is 0 Å². The fourth-order valence-corrected chi connectivity index (χ4v) is 2.00. The average molecular weight is 228 g/mol. The highest BCUT2D eigenvalue weighted by Gasteiger charge is 2.38. The van der Waals surface area contributed by atoms with Crippen molar-refractivity contribution >= 4 is 11.9 Å². The van der Waals surface area contributed by atoms with Crippen molar-refractivity contribution in [1.29, 1.82) is 0 Å². The van der Waals surface area contributed by atoms with Crippen molar-refractivity contribution in [3.05, 3.63) is 0 Å². The molecule has 0 aromatic rings. The van der Waals surface area contributed by atoms with Crippen LogP contribution < -0.4 is 5.73 Å². The summed E-state index contributed by atoms with van der Waals surface area (Å²) in [6.45, 7) is 4.29. The number of carbonyl (C=O) groups is 2. The molecule has 1 fully saturated rings.